The van der Waals surface area contributed by atoms with Gasteiger partial charge in [-0.1, -0.05) is 19.1 Å². The molecule has 0 saturated carbocycles. The van der Waals surface area contributed by atoms with Crippen LogP contribution in [0.25, 0.3) is 0 Å². The predicted molar refractivity (Wildman–Crippen MR) is 79.0 cm³/mol. The van der Waals surface area contributed by atoms with Crippen LogP contribution in [-0.4, -0.2) is 28.0 Å². The predicted octanol–water partition coefficient (Wildman–Crippen LogP) is 1.05. The van der Waals surface area contributed by atoms with Gasteiger partial charge < -0.3 is 4.90 Å². The summed E-state index contributed by atoms with van der Waals surface area (Å²) in [5, 5.41) is 0. The van der Waals surface area contributed by atoms with Gasteiger partial charge >= 0.3 is 0 Å². The van der Waals surface area contributed by atoms with Crippen LogP contribution in [0.2, 0.25) is 0 Å². The minimum atomic E-state index is -3.70. The van der Waals surface area contributed by atoms with E-state index < -0.39 is 9.87 Å². The van der Waals surface area contributed by atoms with E-state index in [-0.39, 0.29) is 18.4 Å². The molecule has 1 heterocycles. The second-order valence-corrected chi connectivity index (χ2v) is 6.38. The van der Waals surface area contributed by atoms with Crippen molar-refractivity contribution in [3.8, 4) is 0 Å². The van der Waals surface area contributed by atoms with Crippen molar-refractivity contribution >= 4 is 28.6 Å². The normalized spacial score (nSPS) is 19.0. The molecular weight excluding hydrogens is 275 g/mol. The summed E-state index contributed by atoms with van der Waals surface area (Å²) < 4.78 is 24.1. The maximum atomic E-state index is 12.0. The average molecular weight is 292 g/mol. The molecule has 1 N–H and O–H groups in total. The average Bonchev–Trinajstić information content (AvgIpc) is 2.36. The van der Waals surface area contributed by atoms with E-state index in [1.54, 1.807) is 4.90 Å². The van der Waals surface area contributed by atoms with Crippen molar-refractivity contribution in [2.24, 2.45) is 0 Å². The summed E-state index contributed by atoms with van der Waals surface area (Å²) in [6.07, 6.45) is 0.479. The second kappa shape index (κ2) is 5.57. The lowest BCUT2D eigenvalue weighted by atomic mass is 9.89. The first-order valence-corrected chi connectivity index (χ1v) is 8.07. The van der Waals surface area contributed by atoms with E-state index in [1.807, 2.05) is 32.0 Å². The summed E-state index contributed by atoms with van der Waals surface area (Å²) in [7, 11) is 1.22. The van der Waals surface area contributed by atoms with E-state index in [0.29, 0.717) is 13.0 Å². The van der Waals surface area contributed by atoms with Crippen molar-refractivity contribution in [3.63, 3.8) is 0 Å². The van der Waals surface area contributed by atoms with Crippen molar-refractivity contribution in [1.29, 1.82) is 0 Å². The maximum absolute atomic E-state index is 12.0. The number of benzene rings is 1. The van der Waals surface area contributed by atoms with Crippen molar-refractivity contribution in [1.82, 2.24) is 4.72 Å². The summed E-state index contributed by atoms with van der Waals surface area (Å²) in [6, 6.07) is 5.62. The van der Waals surface area contributed by atoms with Gasteiger partial charge in [-0.2, -0.15) is 0 Å². The van der Waals surface area contributed by atoms with Gasteiger partial charge in [-0.05, 0) is 30.0 Å². The molecule has 0 saturated heterocycles. The van der Waals surface area contributed by atoms with Crippen molar-refractivity contribution < 1.29 is 13.2 Å². The molecule has 1 aliphatic heterocycles. The lowest BCUT2D eigenvalue weighted by Gasteiger charge is -2.32. The van der Waals surface area contributed by atoms with Gasteiger partial charge in [0.05, 0.1) is 0 Å². The third kappa shape index (κ3) is 3.21. The first-order chi connectivity index (χ1) is 9.31. The number of hydrogen-bond donors (Lipinski definition) is 1. The molecule has 0 fully saturated rings. The number of carbonyl (C=O) groups is 1. The van der Waals surface area contributed by atoms with Crippen LogP contribution >= 0.6 is 0 Å². The van der Waals surface area contributed by atoms with Gasteiger partial charge in [0.1, 0.15) is 9.87 Å². The van der Waals surface area contributed by atoms with Crippen LogP contribution in [0.15, 0.2) is 18.2 Å². The molecule has 1 unspecified atom stereocenters. The molecule has 2 radical (unpaired) electrons. The van der Waals surface area contributed by atoms with Crippen molar-refractivity contribution in [3.05, 3.63) is 29.3 Å². The molecule has 1 aliphatic rings. The number of anilines is 1. The quantitative estimate of drug-likeness (QED) is 0.844. The Bertz CT molecular complexity index is 631. The van der Waals surface area contributed by atoms with Crippen LogP contribution in [0.3, 0.4) is 0 Å². The lowest BCUT2D eigenvalue weighted by Crippen LogP contribution is -2.36. The van der Waals surface area contributed by atoms with Gasteiger partial charge in [-0.25, -0.2) is 13.1 Å². The number of carbonyl (C=O) groups excluding carboxylic acids is 1. The first kappa shape index (κ1) is 15.1. The highest BCUT2D eigenvalue weighted by Gasteiger charge is 2.27. The molecule has 0 spiro atoms. The molecule has 0 aromatic heterocycles. The third-order valence-corrected chi connectivity index (χ3v) is 4.04. The van der Waals surface area contributed by atoms with Crippen LogP contribution < -0.4 is 9.62 Å². The number of nitrogens with one attached hydrogen (secondary N) is 1. The fourth-order valence-electron chi connectivity index (χ4n) is 2.50. The van der Waals surface area contributed by atoms with Gasteiger partial charge in [-0.15, -0.1) is 0 Å². The van der Waals surface area contributed by atoms with E-state index in [4.69, 9.17) is 7.12 Å². The molecule has 2 rings (SSSR count). The largest absolute Gasteiger partial charge is 0.312 e. The summed E-state index contributed by atoms with van der Waals surface area (Å²) in [6.45, 7) is 4.72. The maximum Gasteiger partial charge on any atom is 0.277 e. The Hall–Kier alpha value is -1.34. The minimum absolute atomic E-state index is 0.128. The number of nitrogens with zero attached hydrogens (tertiary/aromatic N) is 1. The first-order valence-electron chi connectivity index (χ1n) is 6.52. The van der Waals surface area contributed by atoms with Crippen LogP contribution in [0, 0.1) is 0 Å². The molecular formula is C13H17BN2O3S. The Labute approximate surface area is 120 Å². The molecule has 5 nitrogen and oxygen atoms in total. The van der Waals surface area contributed by atoms with E-state index >= 15 is 0 Å². The van der Waals surface area contributed by atoms with Gasteiger partial charge in [0.25, 0.3) is 7.12 Å². The third-order valence-electron chi connectivity index (χ3n) is 3.49. The lowest BCUT2D eigenvalue weighted by molar-refractivity contribution is -0.119. The standard InChI is InChI=1S/C13H17BN2O3S/c1-3-16-12-5-4-10(8-15-20(14,18)19)7-11(12)9(2)6-13(16)17/h4-5,7,9,15H,3,6,8H2,1-2H3. The highest BCUT2D eigenvalue weighted by atomic mass is 32.2. The van der Waals surface area contributed by atoms with Gasteiger partial charge in [-0.3, -0.25) is 4.79 Å². The summed E-state index contributed by atoms with van der Waals surface area (Å²) in [4.78, 5) is 13.7. The van der Waals surface area contributed by atoms with E-state index in [9.17, 15) is 13.2 Å². The van der Waals surface area contributed by atoms with Crippen LogP contribution in [0.4, 0.5) is 5.69 Å². The summed E-state index contributed by atoms with van der Waals surface area (Å²) in [5.41, 5.74) is 2.81. The van der Waals surface area contributed by atoms with E-state index in [2.05, 4.69) is 4.72 Å². The fraction of sp³-hybridized carbons (Fsp3) is 0.462. The van der Waals surface area contributed by atoms with Crippen LogP contribution in [0.5, 0.6) is 0 Å². The van der Waals surface area contributed by atoms with Crippen molar-refractivity contribution in [2.45, 2.75) is 32.7 Å². The van der Waals surface area contributed by atoms with Gasteiger partial charge in [0.2, 0.25) is 5.91 Å². The van der Waals surface area contributed by atoms with Gasteiger partial charge in [0, 0.05) is 25.2 Å². The van der Waals surface area contributed by atoms with Crippen molar-refractivity contribution in [2.75, 3.05) is 11.4 Å². The Kier molecular flexibility index (Phi) is 4.20. The highest BCUT2D eigenvalue weighted by Crippen LogP contribution is 2.36. The number of rotatable bonds is 4. The molecule has 106 valence electrons. The molecule has 20 heavy (non-hydrogen) atoms. The molecule has 0 aliphatic carbocycles. The highest BCUT2D eigenvalue weighted by molar-refractivity contribution is 8.10. The smallest absolute Gasteiger partial charge is 0.277 e. The number of fused-ring (bicyclic) bond motifs is 1. The summed E-state index contributed by atoms with van der Waals surface area (Å²) in [5.74, 6) is 0.262. The topological polar surface area (TPSA) is 66.5 Å². The van der Waals surface area contributed by atoms with E-state index in [1.165, 1.54) is 0 Å². The van der Waals surface area contributed by atoms with Crippen LogP contribution in [-0.2, 0) is 21.2 Å². The zero-order valence-corrected chi connectivity index (χ0v) is 12.4. The Morgan fingerprint density at radius 3 is 2.75 bits per heavy atom. The molecule has 1 amide bonds. The molecule has 1 aromatic rings. The zero-order valence-electron chi connectivity index (χ0n) is 11.6. The molecule has 7 heteroatoms. The monoisotopic (exact) mass is 292 g/mol. The zero-order chi connectivity index (χ0) is 14.9. The fourth-order valence-corrected chi connectivity index (χ4v) is 2.87. The Morgan fingerprint density at radius 1 is 1.45 bits per heavy atom. The number of hydrogen-bond acceptors (Lipinski definition) is 3. The number of amides is 1. The van der Waals surface area contributed by atoms with Crippen LogP contribution in [0.1, 0.15) is 37.3 Å². The Balaban J connectivity index is 2.30. The summed E-state index contributed by atoms with van der Waals surface area (Å²) >= 11 is 0. The molecule has 0 bridgehead atoms. The molecule has 1 aromatic carbocycles. The van der Waals surface area contributed by atoms with Gasteiger partial charge in [0.15, 0.2) is 0 Å². The SMILES string of the molecule is [B]S(=O)(=O)NCc1ccc2c(c1)C(C)CC(=O)N2CC. The minimum Gasteiger partial charge on any atom is -0.312 e. The second-order valence-electron chi connectivity index (χ2n) is 5.00. The van der Waals surface area contributed by atoms with E-state index in [0.717, 1.165) is 16.8 Å². The molecule has 1 atom stereocenters. The Morgan fingerprint density at radius 2 is 2.15 bits per heavy atom.